The van der Waals surface area contributed by atoms with Crippen LogP contribution in [0.2, 0.25) is 0 Å². The molecule has 1 amide bonds. The van der Waals surface area contributed by atoms with Gasteiger partial charge in [-0.25, -0.2) is 0 Å². The second-order valence-electron chi connectivity index (χ2n) is 8.22. The molecule has 0 saturated heterocycles. The van der Waals surface area contributed by atoms with Crippen LogP contribution >= 0.6 is 0 Å². The third-order valence-corrected chi connectivity index (χ3v) is 6.03. The van der Waals surface area contributed by atoms with Gasteiger partial charge in [0.15, 0.2) is 0 Å². The van der Waals surface area contributed by atoms with Crippen LogP contribution in [0.5, 0.6) is 0 Å². The fraction of sp³-hybridized carbons (Fsp3) is 0.792. The van der Waals surface area contributed by atoms with Gasteiger partial charge in [0.25, 0.3) is 0 Å². The van der Waals surface area contributed by atoms with E-state index >= 15 is 0 Å². The molecule has 0 unspecified atom stereocenters. The van der Waals surface area contributed by atoms with E-state index in [-0.39, 0.29) is 17.7 Å². The third kappa shape index (κ3) is 9.45. The number of rotatable bonds is 14. The average Bonchev–Trinajstić information content (AvgIpc) is 2.96. The summed E-state index contributed by atoms with van der Waals surface area (Å²) in [7, 11) is 0. The highest BCUT2D eigenvalue weighted by molar-refractivity contribution is 5.76. The summed E-state index contributed by atoms with van der Waals surface area (Å²) in [4.78, 5) is 13.8. The molecule has 29 heavy (non-hydrogen) atoms. The molecule has 0 aromatic carbocycles. The van der Waals surface area contributed by atoms with E-state index < -0.39 is 18.3 Å². The van der Waals surface area contributed by atoms with Crippen LogP contribution in [0.25, 0.3) is 0 Å². The molecule has 0 spiro atoms. The Hall–Kier alpha value is -1.17. The van der Waals surface area contributed by atoms with Crippen LogP contribution in [0.15, 0.2) is 24.3 Å². The molecule has 168 valence electrons. The monoisotopic (exact) mass is 409 g/mol. The van der Waals surface area contributed by atoms with Gasteiger partial charge < -0.3 is 20.2 Å². The molecule has 1 aliphatic rings. The van der Waals surface area contributed by atoms with Crippen LogP contribution in [0.4, 0.5) is 0 Å². The van der Waals surface area contributed by atoms with E-state index in [9.17, 15) is 20.1 Å². The van der Waals surface area contributed by atoms with Gasteiger partial charge >= 0.3 is 0 Å². The Kier molecular flexibility index (Phi) is 13.2. The molecule has 0 aromatic heterocycles. The molecule has 0 aromatic rings. The number of hydrogen-bond acceptors (Lipinski definition) is 4. The fourth-order valence-corrected chi connectivity index (χ4v) is 4.14. The molecule has 5 heteroatoms. The van der Waals surface area contributed by atoms with Gasteiger partial charge in [-0.3, -0.25) is 4.79 Å². The Morgan fingerprint density at radius 3 is 2.45 bits per heavy atom. The molecule has 1 fully saturated rings. The average molecular weight is 410 g/mol. The van der Waals surface area contributed by atoms with Gasteiger partial charge in [0.2, 0.25) is 5.91 Å². The SMILES string of the molecule is CCCCC[C@H](O)/C=C/[C@H]1[C@@H](C/C=C\CCCC(=O)N(CC)CC)[C@@H](O)C[C@H]1O. The number of hydrogen-bond donors (Lipinski definition) is 3. The fourth-order valence-electron chi connectivity index (χ4n) is 4.14. The molecule has 1 rings (SSSR count). The molecule has 0 aliphatic heterocycles. The summed E-state index contributed by atoms with van der Waals surface area (Å²) >= 11 is 0. The molecular formula is C24H43NO4. The standard InChI is InChI=1S/C24H43NO4/c1-4-7-10-13-19(26)16-17-21-20(22(27)18-23(21)28)14-11-8-9-12-15-24(29)25(5-2)6-3/h8,11,16-17,19-23,26-28H,4-7,9-10,12-15,18H2,1-3H3/b11-8-,17-16+/t19-,20+,21-,22-,23+/m0/s1. The van der Waals surface area contributed by atoms with Crippen LogP contribution < -0.4 is 0 Å². The van der Waals surface area contributed by atoms with Crippen LogP contribution in [0, 0.1) is 11.8 Å². The number of aliphatic hydroxyl groups excluding tert-OH is 3. The maximum absolute atomic E-state index is 12.0. The highest BCUT2D eigenvalue weighted by atomic mass is 16.3. The lowest BCUT2D eigenvalue weighted by molar-refractivity contribution is -0.130. The minimum Gasteiger partial charge on any atom is -0.393 e. The summed E-state index contributed by atoms with van der Waals surface area (Å²) in [6.07, 6.45) is 13.6. The van der Waals surface area contributed by atoms with Gasteiger partial charge in [-0.15, -0.1) is 0 Å². The topological polar surface area (TPSA) is 81.0 Å². The predicted octanol–water partition coefficient (Wildman–Crippen LogP) is 3.83. The highest BCUT2D eigenvalue weighted by Gasteiger charge is 2.39. The van der Waals surface area contributed by atoms with Crippen molar-refractivity contribution in [2.24, 2.45) is 11.8 Å². The molecule has 5 atom stereocenters. The van der Waals surface area contributed by atoms with Gasteiger partial charge in [0.1, 0.15) is 0 Å². The van der Waals surface area contributed by atoms with Crippen LogP contribution in [-0.2, 0) is 4.79 Å². The third-order valence-electron chi connectivity index (χ3n) is 6.03. The number of unbranched alkanes of at least 4 members (excludes halogenated alkanes) is 3. The number of nitrogens with zero attached hydrogens (tertiary/aromatic N) is 1. The van der Waals surface area contributed by atoms with Gasteiger partial charge in [-0.05, 0) is 45.4 Å². The lowest BCUT2D eigenvalue weighted by Gasteiger charge is -2.19. The summed E-state index contributed by atoms with van der Waals surface area (Å²) in [6, 6.07) is 0. The first-order chi connectivity index (χ1) is 13.9. The minimum absolute atomic E-state index is 0.0300. The molecule has 0 radical (unpaired) electrons. The van der Waals surface area contributed by atoms with Crippen molar-refractivity contribution in [3.63, 3.8) is 0 Å². The van der Waals surface area contributed by atoms with E-state index in [0.717, 1.165) is 51.6 Å². The second kappa shape index (κ2) is 14.8. The molecule has 3 N–H and O–H groups in total. The molecule has 0 bridgehead atoms. The summed E-state index contributed by atoms with van der Waals surface area (Å²) in [5.41, 5.74) is 0. The van der Waals surface area contributed by atoms with E-state index in [1.165, 1.54) is 0 Å². The van der Waals surface area contributed by atoms with E-state index in [1.807, 2.05) is 24.8 Å². The van der Waals surface area contributed by atoms with Crippen molar-refractivity contribution in [1.82, 2.24) is 4.90 Å². The zero-order valence-electron chi connectivity index (χ0n) is 18.7. The Labute approximate surface area is 177 Å². The van der Waals surface area contributed by atoms with Gasteiger partial charge in [0.05, 0.1) is 18.3 Å². The van der Waals surface area contributed by atoms with E-state index in [1.54, 1.807) is 6.08 Å². The van der Waals surface area contributed by atoms with Crippen LogP contribution in [0.3, 0.4) is 0 Å². The number of carbonyl (C=O) groups excluding carboxylic acids is 1. The molecule has 0 heterocycles. The molecular weight excluding hydrogens is 366 g/mol. The zero-order valence-corrected chi connectivity index (χ0v) is 18.7. The zero-order chi connectivity index (χ0) is 21.6. The smallest absolute Gasteiger partial charge is 0.222 e. The van der Waals surface area contributed by atoms with Crippen molar-refractivity contribution < 1.29 is 20.1 Å². The van der Waals surface area contributed by atoms with Gasteiger partial charge in [-0.2, -0.15) is 0 Å². The Morgan fingerprint density at radius 1 is 1.07 bits per heavy atom. The number of carbonyl (C=O) groups is 1. The summed E-state index contributed by atoms with van der Waals surface area (Å²) in [5.74, 6) is 0.0535. The van der Waals surface area contributed by atoms with Gasteiger partial charge in [0, 0.05) is 31.8 Å². The summed E-state index contributed by atoms with van der Waals surface area (Å²) in [6.45, 7) is 7.65. The summed E-state index contributed by atoms with van der Waals surface area (Å²) < 4.78 is 0. The van der Waals surface area contributed by atoms with Crippen molar-refractivity contribution in [3.8, 4) is 0 Å². The lowest BCUT2D eigenvalue weighted by atomic mass is 9.89. The quantitative estimate of drug-likeness (QED) is 0.301. The highest BCUT2D eigenvalue weighted by Crippen LogP contribution is 2.36. The number of aliphatic hydroxyl groups is 3. The number of amides is 1. The van der Waals surface area contributed by atoms with Crippen LogP contribution in [0.1, 0.15) is 78.6 Å². The molecule has 5 nitrogen and oxygen atoms in total. The first kappa shape index (κ1) is 25.9. The first-order valence-corrected chi connectivity index (χ1v) is 11.6. The van der Waals surface area contributed by atoms with Crippen molar-refractivity contribution in [3.05, 3.63) is 24.3 Å². The minimum atomic E-state index is -0.561. The maximum Gasteiger partial charge on any atom is 0.222 e. The number of allylic oxidation sites excluding steroid dienone is 2. The van der Waals surface area contributed by atoms with Crippen molar-refractivity contribution in [2.75, 3.05) is 13.1 Å². The van der Waals surface area contributed by atoms with Gasteiger partial charge in [-0.1, -0.05) is 50.5 Å². The second-order valence-corrected chi connectivity index (χ2v) is 8.22. The van der Waals surface area contributed by atoms with E-state index in [0.29, 0.717) is 19.3 Å². The molecule has 1 aliphatic carbocycles. The maximum atomic E-state index is 12.0. The van der Waals surface area contributed by atoms with Crippen LogP contribution in [-0.4, -0.2) is 57.5 Å². The Balaban J connectivity index is 2.43. The molecule has 1 saturated carbocycles. The van der Waals surface area contributed by atoms with Crippen molar-refractivity contribution >= 4 is 5.91 Å². The largest absolute Gasteiger partial charge is 0.393 e. The van der Waals surface area contributed by atoms with Crippen molar-refractivity contribution in [2.45, 2.75) is 96.9 Å². The summed E-state index contributed by atoms with van der Waals surface area (Å²) in [5, 5.41) is 30.7. The van der Waals surface area contributed by atoms with E-state index in [2.05, 4.69) is 19.1 Å². The first-order valence-electron chi connectivity index (χ1n) is 11.6. The lowest BCUT2D eigenvalue weighted by Crippen LogP contribution is -2.30. The Bertz CT molecular complexity index is 501. The predicted molar refractivity (Wildman–Crippen MR) is 118 cm³/mol. The van der Waals surface area contributed by atoms with Crippen molar-refractivity contribution in [1.29, 1.82) is 0 Å². The Morgan fingerprint density at radius 2 is 1.79 bits per heavy atom. The van der Waals surface area contributed by atoms with E-state index in [4.69, 9.17) is 0 Å². The normalized spacial score (nSPS) is 25.9.